The van der Waals surface area contributed by atoms with Crippen molar-refractivity contribution in [2.45, 2.75) is 19.5 Å². The van der Waals surface area contributed by atoms with Crippen LogP contribution in [0.1, 0.15) is 29.3 Å². The van der Waals surface area contributed by atoms with Crippen LogP contribution < -0.4 is 10.1 Å². The van der Waals surface area contributed by atoms with Crippen molar-refractivity contribution in [3.05, 3.63) is 58.6 Å². The van der Waals surface area contributed by atoms with E-state index in [9.17, 15) is 22.8 Å². The Labute approximate surface area is 146 Å². The Morgan fingerprint density at radius 1 is 1.12 bits per heavy atom. The Kier molecular flexibility index (Phi) is 5.69. The normalized spacial score (nSPS) is 11.1. The van der Waals surface area contributed by atoms with Gasteiger partial charge in [0.25, 0.3) is 5.91 Å². The van der Waals surface area contributed by atoms with Crippen molar-refractivity contribution in [3.63, 3.8) is 0 Å². The number of alkyl halides is 3. The predicted octanol–water partition coefficient (Wildman–Crippen LogP) is 4.93. The fourth-order valence-corrected chi connectivity index (χ4v) is 2.03. The predicted molar refractivity (Wildman–Crippen MR) is 86.8 cm³/mol. The van der Waals surface area contributed by atoms with Crippen molar-refractivity contribution < 1.29 is 27.5 Å². The number of halogens is 4. The minimum atomic E-state index is -4.55. The van der Waals surface area contributed by atoms with Gasteiger partial charge in [0.05, 0.1) is 16.3 Å². The van der Waals surface area contributed by atoms with Crippen molar-refractivity contribution in [2.24, 2.45) is 0 Å². The van der Waals surface area contributed by atoms with Gasteiger partial charge in [0.15, 0.2) is 0 Å². The summed E-state index contributed by atoms with van der Waals surface area (Å²) in [6.07, 6.45) is -4.34. The van der Waals surface area contributed by atoms with E-state index < -0.39 is 23.6 Å². The highest BCUT2D eigenvalue weighted by Crippen LogP contribution is 2.34. The van der Waals surface area contributed by atoms with Gasteiger partial charge < -0.3 is 10.1 Å². The molecule has 0 aliphatic heterocycles. The maximum Gasteiger partial charge on any atom is 0.416 e. The van der Waals surface area contributed by atoms with Gasteiger partial charge >= 0.3 is 12.1 Å². The van der Waals surface area contributed by atoms with E-state index in [4.69, 9.17) is 16.3 Å². The fraction of sp³-hybridized carbons (Fsp3) is 0.176. The van der Waals surface area contributed by atoms with Gasteiger partial charge in [-0.3, -0.25) is 9.59 Å². The van der Waals surface area contributed by atoms with Gasteiger partial charge in [-0.2, -0.15) is 13.2 Å². The highest BCUT2D eigenvalue weighted by Gasteiger charge is 2.31. The van der Waals surface area contributed by atoms with E-state index in [1.54, 1.807) is 6.92 Å². The molecule has 0 aromatic heterocycles. The fourth-order valence-electron chi connectivity index (χ4n) is 1.87. The lowest BCUT2D eigenvalue weighted by Gasteiger charge is -2.12. The lowest BCUT2D eigenvalue weighted by atomic mass is 10.1. The van der Waals surface area contributed by atoms with Gasteiger partial charge in [0.1, 0.15) is 5.75 Å². The van der Waals surface area contributed by atoms with Crippen molar-refractivity contribution >= 4 is 29.2 Å². The number of carbonyl (C=O) groups excluding carboxylic acids is 2. The zero-order chi connectivity index (χ0) is 18.6. The molecule has 0 heterocycles. The van der Waals surface area contributed by atoms with Crippen molar-refractivity contribution in [1.82, 2.24) is 0 Å². The maximum absolute atomic E-state index is 12.7. The first kappa shape index (κ1) is 18.8. The summed E-state index contributed by atoms with van der Waals surface area (Å²) in [6.45, 7) is 1.64. The topological polar surface area (TPSA) is 55.4 Å². The van der Waals surface area contributed by atoms with Crippen LogP contribution in [0.25, 0.3) is 0 Å². The molecule has 2 rings (SSSR count). The molecule has 132 valence electrons. The zero-order valence-electron chi connectivity index (χ0n) is 13.0. The number of hydrogen-bond donors (Lipinski definition) is 1. The first-order valence-corrected chi connectivity index (χ1v) is 7.57. The third-order valence-electron chi connectivity index (χ3n) is 3.18. The van der Waals surface area contributed by atoms with E-state index in [0.717, 1.165) is 18.2 Å². The lowest BCUT2D eigenvalue weighted by Crippen LogP contribution is -2.14. The number of rotatable bonds is 4. The van der Waals surface area contributed by atoms with Crippen molar-refractivity contribution in [2.75, 3.05) is 5.32 Å². The number of anilines is 1. The van der Waals surface area contributed by atoms with E-state index in [2.05, 4.69) is 5.32 Å². The summed E-state index contributed by atoms with van der Waals surface area (Å²) in [4.78, 5) is 23.3. The van der Waals surface area contributed by atoms with E-state index in [-0.39, 0.29) is 28.4 Å². The molecule has 0 saturated carbocycles. The molecule has 25 heavy (non-hydrogen) atoms. The molecule has 0 aliphatic rings. The standard InChI is InChI=1S/C17H13ClF3NO3/c1-2-15(23)25-12-6-3-10(4-7-12)16(24)22-14-9-11(17(19,20)21)5-8-13(14)18/h3-9H,2H2,1H3,(H,22,24). The molecular weight excluding hydrogens is 359 g/mol. The Morgan fingerprint density at radius 3 is 2.32 bits per heavy atom. The highest BCUT2D eigenvalue weighted by molar-refractivity contribution is 6.34. The van der Waals surface area contributed by atoms with Gasteiger partial charge in [-0.1, -0.05) is 18.5 Å². The van der Waals surface area contributed by atoms with E-state index in [0.29, 0.717) is 0 Å². The van der Waals surface area contributed by atoms with Crippen LogP contribution in [-0.4, -0.2) is 11.9 Å². The Morgan fingerprint density at radius 2 is 1.76 bits per heavy atom. The monoisotopic (exact) mass is 371 g/mol. The first-order chi connectivity index (χ1) is 11.7. The molecule has 2 aromatic rings. The maximum atomic E-state index is 12.7. The van der Waals surface area contributed by atoms with E-state index in [1.165, 1.54) is 24.3 Å². The molecule has 0 spiro atoms. The Balaban J connectivity index is 2.15. The van der Waals surface area contributed by atoms with Gasteiger partial charge in [0.2, 0.25) is 0 Å². The third-order valence-corrected chi connectivity index (χ3v) is 3.51. The van der Waals surface area contributed by atoms with Crippen LogP contribution in [0.15, 0.2) is 42.5 Å². The highest BCUT2D eigenvalue weighted by atomic mass is 35.5. The number of carbonyl (C=O) groups is 2. The Bertz CT molecular complexity index is 789. The lowest BCUT2D eigenvalue weighted by molar-refractivity contribution is -0.137. The molecular formula is C17H13ClF3NO3. The summed E-state index contributed by atoms with van der Waals surface area (Å²) in [5.41, 5.74) is -0.901. The number of ether oxygens (including phenoxy) is 1. The summed E-state index contributed by atoms with van der Waals surface area (Å²) in [6, 6.07) is 8.25. The Hall–Kier alpha value is -2.54. The smallest absolute Gasteiger partial charge is 0.416 e. The number of hydrogen-bond acceptors (Lipinski definition) is 3. The third kappa shape index (κ3) is 4.96. The second-order valence-corrected chi connectivity index (χ2v) is 5.41. The summed E-state index contributed by atoms with van der Waals surface area (Å²) in [5, 5.41) is 2.31. The van der Waals surface area contributed by atoms with Gasteiger partial charge in [-0.15, -0.1) is 0 Å². The van der Waals surface area contributed by atoms with Crippen molar-refractivity contribution in [3.8, 4) is 5.75 Å². The molecule has 0 unspecified atom stereocenters. The van der Waals surface area contributed by atoms with Crippen LogP contribution in [0, 0.1) is 0 Å². The van der Waals surface area contributed by atoms with Crippen LogP contribution in [0.3, 0.4) is 0 Å². The molecule has 1 amide bonds. The van der Waals surface area contributed by atoms with Gasteiger partial charge in [0, 0.05) is 12.0 Å². The van der Waals surface area contributed by atoms with Crippen LogP contribution in [0.5, 0.6) is 5.75 Å². The molecule has 4 nitrogen and oxygen atoms in total. The summed E-state index contributed by atoms with van der Waals surface area (Å²) in [5.74, 6) is -0.803. The van der Waals surface area contributed by atoms with E-state index in [1.807, 2.05) is 0 Å². The number of esters is 1. The molecule has 0 saturated heterocycles. The molecule has 0 fully saturated rings. The van der Waals surface area contributed by atoms with Crippen LogP contribution in [0.4, 0.5) is 18.9 Å². The molecule has 0 aliphatic carbocycles. The SMILES string of the molecule is CCC(=O)Oc1ccc(C(=O)Nc2cc(C(F)(F)F)ccc2Cl)cc1. The average molecular weight is 372 g/mol. The summed E-state index contributed by atoms with van der Waals surface area (Å²) >= 11 is 5.84. The second-order valence-electron chi connectivity index (χ2n) is 5.00. The largest absolute Gasteiger partial charge is 0.427 e. The van der Waals surface area contributed by atoms with Crippen LogP contribution in [0.2, 0.25) is 5.02 Å². The van der Waals surface area contributed by atoms with Crippen LogP contribution >= 0.6 is 11.6 Å². The van der Waals surface area contributed by atoms with Gasteiger partial charge in [-0.25, -0.2) is 0 Å². The second kappa shape index (κ2) is 7.57. The first-order valence-electron chi connectivity index (χ1n) is 7.19. The van der Waals surface area contributed by atoms with Gasteiger partial charge in [-0.05, 0) is 42.5 Å². The molecule has 0 bridgehead atoms. The van der Waals surface area contributed by atoms with E-state index >= 15 is 0 Å². The number of benzene rings is 2. The quantitative estimate of drug-likeness (QED) is 0.612. The number of amides is 1. The molecule has 8 heteroatoms. The summed E-state index contributed by atoms with van der Waals surface area (Å²) < 4.78 is 43.2. The molecule has 0 atom stereocenters. The summed E-state index contributed by atoms with van der Waals surface area (Å²) in [7, 11) is 0. The molecule has 1 N–H and O–H groups in total. The van der Waals surface area contributed by atoms with Crippen LogP contribution in [-0.2, 0) is 11.0 Å². The minimum Gasteiger partial charge on any atom is -0.427 e. The van der Waals surface area contributed by atoms with Crippen molar-refractivity contribution in [1.29, 1.82) is 0 Å². The minimum absolute atomic E-state index is 0.0187. The number of nitrogens with one attached hydrogen (secondary N) is 1. The molecule has 2 aromatic carbocycles. The molecule has 0 radical (unpaired) electrons. The zero-order valence-corrected chi connectivity index (χ0v) is 13.7. The average Bonchev–Trinajstić information content (AvgIpc) is 2.56.